The van der Waals surface area contributed by atoms with Crippen LogP contribution in [0.4, 0.5) is 0 Å². The van der Waals surface area contributed by atoms with Gasteiger partial charge in [0.25, 0.3) is 0 Å². The highest BCUT2D eigenvalue weighted by Crippen LogP contribution is 1.82. The Morgan fingerprint density at radius 1 is 1.90 bits per heavy atom. The minimum absolute atomic E-state index is 0. The number of ether oxygens (including phenoxy) is 2. The molecule has 4 nitrogen and oxygen atoms in total. The number of halogens is 1. The lowest BCUT2D eigenvalue weighted by atomic mass is 10.3. The molecule has 0 radical (unpaired) electrons. The minimum Gasteiger partial charge on any atom is -0.468 e. The molecule has 5 heteroatoms. The largest absolute Gasteiger partial charge is 0.468 e. The average molecular weight is 171 g/mol. The predicted molar refractivity (Wildman–Crippen MR) is 39.1 cm³/mol. The summed E-state index contributed by atoms with van der Waals surface area (Å²) < 4.78 is 15.4. The van der Waals surface area contributed by atoms with Gasteiger partial charge < -0.3 is 15.2 Å². The Morgan fingerprint density at radius 3 is 2.90 bits per heavy atom. The van der Waals surface area contributed by atoms with Gasteiger partial charge in [0.2, 0.25) is 0 Å². The Kier molecular flexibility index (Phi) is 6.58. The van der Waals surface area contributed by atoms with E-state index in [9.17, 15) is 4.79 Å². The van der Waals surface area contributed by atoms with Crippen molar-refractivity contribution in [3.8, 4) is 0 Å². The molecular formula is C5H12ClNO3. The van der Waals surface area contributed by atoms with E-state index in [1.165, 1.54) is 7.11 Å². The van der Waals surface area contributed by atoms with Gasteiger partial charge in [-0.2, -0.15) is 0 Å². The molecule has 0 amide bonds. The maximum absolute atomic E-state index is 10.5. The zero-order valence-electron chi connectivity index (χ0n) is 6.70. The molecule has 0 aliphatic carbocycles. The summed E-state index contributed by atoms with van der Waals surface area (Å²) in [4.78, 5) is 10.5. The molecule has 1 atom stereocenters. The summed E-state index contributed by atoms with van der Waals surface area (Å²) >= 11 is 0. The van der Waals surface area contributed by atoms with Crippen molar-refractivity contribution in [3.05, 3.63) is 0 Å². The second-order valence-corrected chi connectivity index (χ2v) is 1.50. The summed E-state index contributed by atoms with van der Waals surface area (Å²) in [5.41, 5.74) is 5.23. The van der Waals surface area contributed by atoms with Crippen molar-refractivity contribution in [1.82, 2.24) is 0 Å². The van der Waals surface area contributed by atoms with Crippen molar-refractivity contribution in [2.24, 2.45) is 5.73 Å². The lowest BCUT2D eigenvalue weighted by Crippen LogP contribution is -2.35. The molecule has 0 saturated heterocycles. The molecule has 0 unspecified atom stereocenters. The third-order valence-electron chi connectivity index (χ3n) is 0.801. The van der Waals surface area contributed by atoms with E-state index in [1.807, 2.05) is 0 Å². The summed E-state index contributed by atoms with van der Waals surface area (Å²) in [5, 5.41) is 0. The first kappa shape index (κ1) is 9.68. The van der Waals surface area contributed by atoms with Crippen LogP contribution in [0, 0.1) is 0 Å². The fraction of sp³-hybridized carbons (Fsp3) is 0.800. The second kappa shape index (κ2) is 6.80. The van der Waals surface area contributed by atoms with Gasteiger partial charge in [-0.3, -0.25) is 4.79 Å². The Morgan fingerprint density at radius 2 is 2.50 bits per heavy atom. The summed E-state index contributed by atoms with van der Waals surface area (Å²) in [7, 11) is 1.06. The second-order valence-electron chi connectivity index (χ2n) is 1.50. The molecule has 0 heterocycles. The van der Waals surface area contributed by atoms with Gasteiger partial charge in [-0.25, -0.2) is 0 Å². The molecule has 0 aromatic rings. The highest BCUT2D eigenvalue weighted by atomic mass is 35.5. The number of esters is 1. The smallest absolute Gasteiger partial charge is 0.325 e. The van der Waals surface area contributed by atoms with E-state index in [0.29, 0.717) is 0 Å². The fourth-order valence-corrected chi connectivity index (χ4v) is 0.346. The van der Waals surface area contributed by atoms with Crippen molar-refractivity contribution in [2.45, 2.75) is 6.04 Å². The molecule has 0 fully saturated rings. The van der Waals surface area contributed by atoms with Crippen LogP contribution in [0.3, 0.4) is 0 Å². The van der Waals surface area contributed by atoms with Crippen LogP contribution in [0.5, 0.6) is 0 Å². The van der Waals surface area contributed by atoms with Crippen molar-refractivity contribution < 1.29 is 15.6 Å². The van der Waals surface area contributed by atoms with Crippen LogP contribution in [0.25, 0.3) is 0 Å². The summed E-state index contributed by atoms with van der Waals surface area (Å²) in [6.45, 7) is 0.0379. The number of carbonyl (C=O) groups is 1. The zero-order valence-corrected chi connectivity index (χ0v) is 6.52. The van der Waals surface area contributed by atoms with E-state index in [4.69, 9.17) is 7.10 Å². The Hall–Kier alpha value is -0.320. The topological polar surface area (TPSA) is 61.5 Å². The van der Waals surface area contributed by atoms with Gasteiger partial charge >= 0.3 is 5.97 Å². The van der Waals surface area contributed by atoms with Crippen LogP contribution < -0.4 is 5.73 Å². The summed E-state index contributed by atoms with van der Waals surface area (Å²) in [6.07, 6.45) is 0. The van der Waals surface area contributed by atoms with Crippen LogP contribution in [-0.2, 0) is 14.3 Å². The summed E-state index contributed by atoms with van der Waals surface area (Å²) in [6, 6.07) is -0.768. The van der Waals surface area contributed by atoms with Crippen LogP contribution >= 0.6 is 12.4 Å². The maximum atomic E-state index is 10.5. The molecule has 0 saturated carbocycles. The van der Waals surface area contributed by atoms with Crippen molar-refractivity contribution in [1.29, 1.82) is 0 Å². The molecule has 0 bridgehead atoms. The SMILES string of the molecule is Cl.[2H]COC[C@H](N)C(=O)OC. The summed E-state index contributed by atoms with van der Waals surface area (Å²) in [5.74, 6) is -0.520. The van der Waals surface area contributed by atoms with E-state index < -0.39 is 12.0 Å². The van der Waals surface area contributed by atoms with Gasteiger partial charge in [0.15, 0.2) is 0 Å². The molecule has 0 rings (SSSR count). The quantitative estimate of drug-likeness (QED) is 0.584. The van der Waals surface area contributed by atoms with Gasteiger partial charge in [0.05, 0.1) is 15.1 Å². The van der Waals surface area contributed by atoms with Crippen molar-refractivity contribution >= 4 is 18.4 Å². The normalized spacial score (nSPS) is 12.8. The molecule has 0 aromatic carbocycles. The van der Waals surface area contributed by atoms with E-state index in [0.717, 1.165) is 0 Å². The number of hydrogen-bond acceptors (Lipinski definition) is 4. The van der Waals surface area contributed by atoms with E-state index in [-0.39, 0.29) is 26.1 Å². The number of methoxy groups -OCH3 is 2. The number of nitrogens with two attached hydrogens (primary N) is 1. The van der Waals surface area contributed by atoms with Gasteiger partial charge in [-0.05, 0) is 0 Å². The fourth-order valence-electron chi connectivity index (χ4n) is 0.346. The maximum Gasteiger partial charge on any atom is 0.325 e. The third-order valence-corrected chi connectivity index (χ3v) is 0.801. The van der Waals surface area contributed by atoms with Gasteiger partial charge in [-0.1, -0.05) is 0 Å². The van der Waals surface area contributed by atoms with Crippen LogP contribution in [-0.4, -0.2) is 32.8 Å². The van der Waals surface area contributed by atoms with Crippen molar-refractivity contribution in [2.75, 3.05) is 20.8 Å². The highest BCUT2D eigenvalue weighted by molar-refractivity contribution is 5.85. The molecule has 0 aliphatic rings. The average Bonchev–Trinajstić information content (AvgIpc) is 1.98. The zero-order chi connectivity index (χ0) is 7.98. The lowest BCUT2D eigenvalue weighted by molar-refractivity contribution is -0.143. The van der Waals surface area contributed by atoms with Gasteiger partial charge in [-0.15, -0.1) is 12.4 Å². The first-order valence-corrected chi connectivity index (χ1v) is 2.42. The first-order chi connectivity index (χ1) is 4.72. The van der Waals surface area contributed by atoms with Crippen molar-refractivity contribution in [3.63, 3.8) is 0 Å². The predicted octanol–water partition coefficient (Wildman–Crippen LogP) is -0.445. The number of hydrogen-bond donors (Lipinski definition) is 1. The van der Waals surface area contributed by atoms with E-state index >= 15 is 0 Å². The highest BCUT2D eigenvalue weighted by Gasteiger charge is 2.11. The molecule has 62 valence electrons. The molecule has 0 spiro atoms. The Balaban J connectivity index is 0. The standard InChI is InChI=1S/C5H11NO3.ClH/c1-8-3-4(6)5(7)9-2;/h4H,3,6H2,1-2H3;1H/t4-;/m0./s1/i1D;. The van der Waals surface area contributed by atoms with Gasteiger partial charge in [0, 0.05) is 7.09 Å². The number of carbonyl (C=O) groups excluding carboxylic acids is 1. The molecule has 0 aliphatic heterocycles. The van der Waals surface area contributed by atoms with Crippen LogP contribution in [0.1, 0.15) is 1.37 Å². The molecule has 2 N–H and O–H groups in total. The third kappa shape index (κ3) is 4.55. The molecule has 10 heavy (non-hydrogen) atoms. The van der Waals surface area contributed by atoms with E-state index in [2.05, 4.69) is 9.47 Å². The molecule has 0 aromatic heterocycles. The van der Waals surface area contributed by atoms with Crippen LogP contribution in [0.15, 0.2) is 0 Å². The first-order valence-electron chi connectivity index (χ1n) is 3.13. The minimum atomic E-state index is -0.768. The Labute approximate surface area is 67.5 Å². The number of rotatable bonds is 3. The van der Waals surface area contributed by atoms with Gasteiger partial charge in [0.1, 0.15) is 6.04 Å². The van der Waals surface area contributed by atoms with E-state index in [1.54, 1.807) is 0 Å². The Bertz CT molecular complexity index is 114. The monoisotopic (exact) mass is 170 g/mol. The van der Waals surface area contributed by atoms with Crippen LogP contribution in [0.2, 0.25) is 0 Å². The lowest BCUT2D eigenvalue weighted by Gasteiger charge is -2.05. The molecular weight excluding hydrogens is 158 g/mol.